The fourth-order valence-electron chi connectivity index (χ4n) is 8.83. The molecule has 3 fully saturated rings. The molecule has 4 aliphatic heterocycles. The highest BCUT2D eigenvalue weighted by Gasteiger charge is 2.56. The zero-order valence-electron chi connectivity index (χ0n) is 32.8. The molecule has 4 rings (SSSR count). The molecular formula is C37H65NO13. The smallest absolute Gasteiger partial charge is 0.311 e. The average molecular weight is 732 g/mol. The van der Waals surface area contributed by atoms with Crippen molar-refractivity contribution in [2.45, 2.75) is 179 Å². The zero-order chi connectivity index (χ0) is 38.6. The van der Waals surface area contributed by atoms with Crippen molar-refractivity contribution in [1.82, 2.24) is 0 Å². The summed E-state index contributed by atoms with van der Waals surface area (Å²) >= 11 is 0. The average Bonchev–Trinajstić information content (AvgIpc) is 3.36. The van der Waals surface area contributed by atoms with Gasteiger partial charge in [-0.05, 0) is 60.5 Å². The van der Waals surface area contributed by atoms with Gasteiger partial charge in [0.1, 0.15) is 41.3 Å². The van der Waals surface area contributed by atoms with Crippen molar-refractivity contribution in [2.75, 3.05) is 21.2 Å². The number of hydroxylamine groups is 3. The number of quaternary nitrogens is 1. The van der Waals surface area contributed by atoms with Crippen LogP contribution in [0.4, 0.5) is 0 Å². The van der Waals surface area contributed by atoms with Gasteiger partial charge < -0.3 is 63.4 Å². The monoisotopic (exact) mass is 731 g/mol. The van der Waals surface area contributed by atoms with Crippen LogP contribution >= 0.6 is 0 Å². The summed E-state index contributed by atoms with van der Waals surface area (Å²) in [7, 11) is 4.46. The van der Waals surface area contributed by atoms with E-state index in [0.717, 1.165) is 5.57 Å². The number of nitrogens with zero attached hydrogens (tertiary/aromatic N) is 1. The zero-order valence-corrected chi connectivity index (χ0v) is 32.8. The van der Waals surface area contributed by atoms with Gasteiger partial charge in [-0.15, -0.1) is 0 Å². The van der Waals surface area contributed by atoms with Crippen molar-refractivity contribution in [2.24, 2.45) is 17.8 Å². The number of hydrogen-bond acceptors (Lipinski definition) is 13. The Morgan fingerprint density at radius 2 is 1.61 bits per heavy atom. The fourth-order valence-corrected chi connectivity index (χ4v) is 8.83. The van der Waals surface area contributed by atoms with E-state index < -0.39 is 113 Å². The number of carbonyl (C=O) groups is 1. The Balaban J connectivity index is 1.85. The summed E-state index contributed by atoms with van der Waals surface area (Å²) in [4.78, 5) is 14.1. The Morgan fingerprint density at radius 3 is 2.18 bits per heavy atom. The van der Waals surface area contributed by atoms with E-state index in [1.165, 1.54) is 28.1 Å². The van der Waals surface area contributed by atoms with E-state index in [1.807, 2.05) is 27.7 Å². The molecule has 4 N–H and O–H groups in total. The third-order valence-corrected chi connectivity index (χ3v) is 12.1. The Hall–Kier alpha value is -1.43. The van der Waals surface area contributed by atoms with Gasteiger partial charge in [-0.25, -0.2) is 0 Å². The number of fused-ring (bicyclic) bond motifs is 2. The van der Waals surface area contributed by atoms with Crippen LogP contribution in [0.15, 0.2) is 11.3 Å². The standard InChI is InChI=1S/C37H65NO13/c1-14-25-37(10,43)30(40)20(4)28-18(2)16-36(9,51-28)32(50-34-27(39)24(38(11,12)44)15-19(3)46-34)21(5)29(22(6)33(42)48-25)49-26-17-35(8,45-13)31(41)23(7)47-26/h19-27,29-32,34,39-41,43H,14-17H2,1-13H3/t19-,20-,21-,22+,23-,24-,25-,26-,27+,29+,30+,31-,32+,34-,35+,36-,37+/m0/s1. The number of ether oxygens (including phenoxy) is 7. The molecule has 0 aromatic rings. The Kier molecular flexibility index (Phi) is 12.8. The first kappa shape index (κ1) is 42.3. The maximum Gasteiger partial charge on any atom is 0.311 e. The largest absolute Gasteiger partial charge is 0.633 e. The lowest BCUT2D eigenvalue weighted by Crippen LogP contribution is -2.62. The second kappa shape index (κ2) is 15.4. The van der Waals surface area contributed by atoms with Gasteiger partial charge in [0.05, 0.1) is 50.0 Å². The topological polar surface area (TPSA) is 186 Å². The SMILES string of the molecule is CC[C@@H]1OC(=O)[C@H](C)[C@H](O[C@H]2C[C@@](C)(OC)[C@@H](O)[C@H](C)O2)[C@H](C)[C@@H](O[C@@H]2O[C@@H](C)C[C@H]([N+](C)(C)[O-])[C@H]2O)[C@]2(C)CC(C)=C(O2)[C@H](C)[C@@H](O)[C@]1(C)O. The highest BCUT2D eigenvalue weighted by molar-refractivity contribution is 5.73. The first-order chi connectivity index (χ1) is 23.4. The molecule has 0 aliphatic carbocycles. The summed E-state index contributed by atoms with van der Waals surface area (Å²) in [6.45, 7) is 17.5. The van der Waals surface area contributed by atoms with Crippen LogP contribution in [0.25, 0.3) is 0 Å². The molecule has 2 bridgehead atoms. The van der Waals surface area contributed by atoms with Gasteiger partial charge in [-0.3, -0.25) is 4.79 Å². The molecule has 4 heterocycles. The van der Waals surface area contributed by atoms with Gasteiger partial charge in [-0.2, -0.15) is 0 Å². The molecule has 4 aliphatic rings. The van der Waals surface area contributed by atoms with E-state index >= 15 is 0 Å². The van der Waals surface area contributed by atoms with Crippen LogP contribution in [0.5, 0.6) is 0 Å². The van der Waals surface area contributed by atoms with Crippen LogP contribution < -0.4 is 0 Å². The fraction of sp³-hybridized carbons (Fsp3) is 0.919. The third kappa shape index (κ3) is 8.31. The summed E-state index contributed by atoms with van der Waals surface area (Å²) in [6.07, 6.45) is -8.81. The first-order valence-electron chi connectivity index (χ1n) is 18.5. The van der Waals surface area contributed by atoms with E-state index in [4.69, 9.17) is 33.2 Å². The Labute approximate surface area is 303 Å². The molecule has 14 nitrogen and oxygen atoms in total. The number of methoxy groups -OCH3 is 1. The molecule has 0 amide bonds. The minimum atomic E-state index is -1.85. The maximum atomic E-state index is 14.1. The summed E-state index contributed by atoms with van der Waals surface area (Å²) in [5.74, 6) is -2.57. The third-order valence-electron chi connectivity index (χ3n) is 12.1. The van der Waals surface area contributed by atoms with Crippen LogP contribution in [-0.4, -0.2) is 137 Å². The summed E-state index contributed by atoms with van der Waals surface area (Å²) < 4.78 is 43.6. The molecule has 296 valence electrons. The number of carbonyl (C=O) groups excluding carboxylic acids is 1. The second-order valence-electron chi connectivity index (χ2n) is 16.8. The highest BCUT2D eigenvalue weighted by atomic mass is 16.7. The van der Waals surface area contributed by atoms with Crippen LogP contribution in [0.1, 0.15) is 94.9 Å². The number of likely N-dealkylation sites (N-methyl/N-ethyl adjacent to an activating group) is 1. The molecular weight excluding hydrogens is 666 g/mol. The predicted molar refractivity (Wildman–Crippen MR) is 185 cm³/mol. The van der Waals surface area contributed by atoms with Crippen LogP contribution in [0, 0.1) is 23.0 Å². The summed E-state index contributed by atoms with van der Waals surface area (Å²) in [6, 6.07) is -0.740. The van der Waals surface area contributed by atoms with Crippen LogP contribution in [-0.2, 0) is 38.0 Å². The van der Waals surface area contributed by atoms with E-state index in [1.54, 1.807) is 34.6 Å². The number of rotatable bonds is 7. The Morgan fingerprint density at radius 1 is 0.980 bits per heavy atom. The number of esters is 1. The number of aliphatic hydroxyl groups is 4. The van der Waals surface area contributed by atoms with Crippen molar-refractivity contribution in [3.05, 3.63) is 16.5 Å². The number of aliphatic hydroxyl groups excluding tert-OH is 3. The molecule has 0 unspecified atom stereocenters. The van der Waals surface area contributed by atoms with E-state index in [0.29, 0.717) is 18.6 Å². The normalized spacial score (nSPS) is 49.0. The minimum absolute atomic E-state index is 0.139. The lowest BCUT2D eigenvalue weighted by molar-refractivity contribution is -0.874. The maximum absolute atomic E-state index is 14.1. The van der Waals surface area contributed by atoms with Crippen molar-refractivity contribution >= 4 is 5.97 Å². The van der Waals surface area contributed by atoms with E-state index in [-0.39, 0.29) is 12.8 Å². The van der Waals surface area contributed by atoms with E-state index in [9.17, 15) is 30.4 Å². The second-order valence-corrected chi connectivity index (χ2v) is 16.8. The molecule has 0 saturated carbocycles. The van der Waals surface area contributed by atoms with Crippen LogP contribution in [0.3, 0.4) is 0 Å². The molecule has 0 aromatic heterocycles. The Bertz CT molecular complexity index is 1260. The van der Waals surface area contributed by atoms with Crippen LogP contribution in [0.2, 0.25) is 0 Å². The minimum Gasteiger partial charge on any atom is -0.633 e. The first-order valence-corrected chi connectivity index (χ1v) is 18.5. The molecule has 3 saturated heterocycles. The predicted octanol–water partition coefficient (Wildman–Crippen LogP) is 2.90. The van der Waals surface area contributed by atoms with Gasteiger partial charge in [-0.1, -0.05) is 20.8 Å². The van der Waals surface area contributed by atoms with E-state index in [2.05, 4.69) is 0 Å². The lowest BCUT2D eigenvalue weighted by atomic mass is 9.78. The molecule has 17 atom stereocenters. The van der Waals surface area contributed by atoms with Gasteiger partial charge in [0.15, 0.2) is 18.7 Å². The molecule has 0 spiro atoms. The lowest BCUT2D eigenvalue weighted by Gasteiger charge is -2.51. The van der Waals surface area contributed by atoms with Crippen molar-refractivity contribution in [1.29, 1.82) is 0 Å². The number of cyclic esters (lactones) is 1. The molecule has 51 heavy (non-hydrogen) atoms. The van der Waals surface area contributed by atoms with Gasteiger partial charge in [0.25, 0.3) is 0 Å². The highest BCUT2D eigenvalue weighted by Crippen LogP contribution is 2.47. The van der Waals surface area contributed by atoms with Gasteiger partial charge >= 0.3 is 5.97 Å². The molecule has 0 aromatic carbocycles. The molecule has 14 heteroatoms. The molecule has 0 radical (unpaired) electrons. The quantitative estimate of drug-likeness (QED) is 0.170. The van der Waals surface area contributed by atoms with Crippen molar-refractivity contribution in [3.63, 3.8) is 0 Å². The summed E-state index contributed by atoms with van der Waals surface area (Å²) in [5, 5.41) is 59.0. The number of hydrogen-bond donors (Lipinski definition) is 4. The van der Waals surface area contributed by atoms with Gasteiger partial charge in [0, 0.05) is 38.2 Å². The van der Waals surface area contributed by atoms with Gasteiger partial charge in [0.2, 0.25) is 0 Å². The van der Waals surface area contributed by atoms with Crippen molar-refractivity contribution < 1.29 is 63.0 Å². The summed E-state index contributed by atoms with van der Waals surface area (Å²) in [5.41, 5.74) is -3.19. The van der Waals surface area contributed by atoms with Crippen molar-refractivity contribution in [3.8, 4) is 0 Å².